The van der Waals surface area contributed by atoms with Crippen LogP contribution >= 0.6 is 7.82 Å². The molecular weight excluding hydrogens is 1310 g/mol. The molecule has 0 aliphatic heterocycles. The zero-order valence-electron chi connectivity index (χ0n) is 54.2. The monoisotopic (exact) mass is 1410 g/mol. The number of carbonyl (C=O) groups is 10. The molecule has 0 rings (SSSR count). The quantitative estimate of drug-likeness (QED) is 0.0116. The molecule has 97 heavy (non-hydrogen) atoms. The van der Waals surface area contributed by atoms with Crippen LogP contribution in [-0.4, -0.2) is 240 Å². The molecule has 0 radical (unpaired) electrons. The molecule has 0 aromatic carbocycles. The van der Waals surface area contributed by atoms with Gasteiger partial charge in [-0.25, -0.2) is 9.36 Å². The average molecular weight is 1410 g/mol. The number of aliphatic carboxylic acids is 1. The summed E-state index contributed by atoms with van der Waals surface area (Å²) in [6.45, 7) is -0.398. The maximum atomic E-state index is 14.7. The number of hydrogen-bond donors (Lipinski definition) is 27. The van der Waals surface area contributed by atoms with Gasteiger partial charge < -0.3 is 147 Å². The molecule has 0 saturated carbocycles. The van der Waals surface area contributed by atoms with Crippen molar-refractivity contribution < 1.29 is 82.1 Å². The molecule has 0 heterocycles. The lowest BCUT2D eigenvalue weighted by molar-refractivity contribution is -0.143. The first-order valence-electron chi connectivity index (χ1n) is 30.4. The molecule has 40 N–H and O–H groups in total. The van der Waals surface area contributed by atoms with E-state index in [2.05, 4.69) is 77.0 Å². The van der Waals surface area contributed by atoms with E-state index in [-0.39, 0.29) is 164 Å². The van der Waals surface area contributed by atoms with Gasteiger partial charge in [0, 0.05) is 39.3 Å². The number of hydrogen-bond acceptors (Lipinski definition) is 21. The van der Waals surface area contributed by atoms with Crippen molar-refractivity contribution >= 4 is 103 Å². The predicted octanol–water partition coefficient (Wildman–Crippen LogP) is -12.8. The van der Waals surface area contributed by atoms with E-state index in [1.165, 1.54) is 0 Å². The Labute approximate surface area is 558 Å². The van der Waals surface area contributed by atoms with Crippen LogP contribution in [0.4, 0.5) is 0 Å². The van der Waals surface area contributed by atoms with E-state index in [1.54, 1.807) is 13.8 Å². The van der Waals surface area contributed by atoms with Gasteiger partial charge in [-0.2, -0.15) is 0 Å². The molecule has 0 unspecified atom stereocenters. The molecule has 0 aliphatic carbocycles. The third-order valence-electron chi connectivity index (χ3n) is 13.2. The molecule has 0 saturated heterocycles. The number of carbonyl (C=O) groups excluding carboxylic acids is 9. The molecule has 552 valence electrons. The number of carboxylic acids is 1. The van der Waals surface area contributed by atoms with E-state index in [1.807, 2.05) is 5.32 Å². The number of aliphatic hydroxyl groups excluding tert-OH is 2. The highest BCUT2D eigenvalue weighted by Crippen LogP contribution is 2.35. The number of rotatable bonds is 50. The molecule has 0 fully saturated rings. The minimum absolute atomic E-state index is 0.0123. The zero-order valence-corrected chi connectivity index (χ0v) is 55.1. The number of phosphoric ester groups is 1. The third kappa shape index (κ3) is 41.0. The van der Waals surface area contributed by atoms with Gasteiger partial charge in [0.15, 0.2) is 35.8 Å². The lowest BCUT2D eigenvalue weighted by atomic mass is 10.0. The summed E-state index contributed by atoms with van der Waals surface area (Å²) in [7, 11) is -5.45. The number of nitrogens with one attached hydrogen (secondary N) is 9. The number of amides is 9. The lowest BCUT2D eigenvalue weighted by Gasteiger charge is -2.28. The van der Waals surface area contributed by atoms with Crippen molar-refractivity contribution in [3.8, 4) is 0 Å². The standard InChI is InChI=1S/C51H101N28O17P/c1-25(2)21-32(76-39(85)29(12-6-18-68-49(59)60)74-43(89)33(22-80)77-36(82)26(52)9-3-15-65-46(53)54)42(88)73-28(11-5-17-67-48(57)58)38(84)71-27(10-4-16-66-47(55)56)37(83)72-31(14-8-20-70-51(63)64)41(87)79-35(24-96-97(93,94)95)44(90)75-30(13-7-19-69-50(61)62)40(86)78-34(23-81)45(91)92/h25-35,80-81H,3-24,52H2,1-2H3,(H,71,84)(H,72,83)(H,73,88)(H,74,89)(H,75,90)(H,76,85)(H,77,82)(H,78,86)(H,79,87)(H,91,92)(H4,53,54,65)(H4,55,56,66)(H4,57,58,67)(H4,59,60,68)(H4,61,62,69)(H4,63,64,70)(H2,93,94,95)/t26-,27-,28-,29-,30-,31-,32-,33-,34-,35-/m0/s1. The van der Waals surface area contributed by atoms with Crippen LogP contribution in [0.15, 0.2) is 30.0 Å². The van der Waals surface area contributed by atoms with Gasteiger partial charge in [0.2, 0.25) is 53.2 Å². The summed E-state index contributed by atoms with van der Waals surface area (Å²) in [4.78, 5) is 181. The van der Waals surface area contributed by atoms with Crippen molar-refractivity contribution in [3.63, 3.8) is 0 Å². The van der Waals surface area contributed by atoms with Crippen molar-refractivity contribution in [1.29, 1.82) is 0 Å². The average Bonchev–Trinajstić information content (AvgIpc) is 0.901. The summed E-state index contributed by atoms with van der Waals surface area (Å²) in [5.41, 5.74) is 71.6. The Morgan fingerprint density at radius 3 is 0.845 bits per heavy atom. The highest BCUT2D eigenvalue weighted by atomic mass is 31.2. The van der Waals surface area contributed by atoms with Crippen molar-refractivity contribution in [2.45, 2.75) is 158 Å². The number of aliphatic imine (C=N–C) groups is 6. The molecular formula is C51H101N28O17P. The minimum Gasteiger partial charge on any atom is -0.480 e. The fraction of sp³-hybridized carbons (Fsp3) is 0.686. The van der Waals surface area contributed by atoms with Crippen LogP contribution in [0.25, 0.3) is 0 Å². The van der Waals surface area contributed by atoms with Gasteiger partial charge in [-0.1, -0.05) is 13.8 Å². The van der Waals surface area contributed by atoms with E-state index in [0.29, 0.717) is 0 Å². The van der Waals surface area contributed by atoms with Crippen LogP contribution in [0.5, 0.6) is 0 Å². The Balaban J connectivity index is 7.56. The van der Waals surface area contributed by atoms with Crippen molar-refractivity contribution in [2.75, 3.05) is 59.1 Å². The van der Waals surface area contributed by atoms with Crippen LogP contribution in [0, 0.1) is 5.92 Å². The van der Waals surface area contributed by atoms with Crippen LogP contribution in [0.2, 0.25) is 0 Å². The first-order chi connectivity index (χ1) is 45.4. The zero-order chi connectivity index (χ0) is 74.0. The van der Waals surface area contributed by atoms with Crippen LogP contribution in [0.1, 0.15) is 97.3 Å². The van der Waals surface area contributed by atoms with Gasteiger partial charge in [-0.05, 0) is 89.4 Å². The molecule has 0 aliphatic rings. The Morgan fingerprint density at radius 1 is 0.361 bits per heavy atom. The third-order valence-corrected chi connectivity index (χ3v) is 13.7. The molecule has 0 bridgehead atoms. The highest BCUT2D eigenvalue weighted by molar-refractivity contribution is 7.46. The van der Waals surface area contributed by atoms with Crippen molar-refractivity contribution in [3.05, 3.63) is 0 Å². The SMILES string of the molecule is CC(C)C[C@H](NC(=O)[C@H](CCCN=C(N)N)NC(=O)[C@H](CO)NC(=O)[C@@H](N)CCCN=C(N)N)C(=O)N[C@@H](CCCN=C(N)N)C(=O)N[C@@H](CCCN=C(N)N)C(=O)N[C@@H](CCCN=C(N)N)C(=O)N[C@@H](COP(=O)(O)O)C(=O)N[C@@H](CCCN=C(N)N)C(=O)N[C@@H](CO)C(=O)O. The second kappa shape index (κ2) is 47.2. The summed E-state index contributed by atoms with van der Waals surface area (Å²) >= 11 is 0. The summed E-state index contributed by atoms with van der Waals surface area (Å²) in [6.07, 6.45) is -1.40. The normalized spacial score (nSPS) is 14.1. The Hall–Kier alpha value is -9.69. The number of carboxylic acid groups (broad SMARTS) is 1. The van der Waals surface area contributed by atoms with Crippen LogP contribution < -0.4 is 122 Å². The second-order valence-electron chi connectivity index (χ2n) is 22.0. The van der Waals surface area contributed by atoms with E-state index in [4.69, 9.17) is 74.5 Å². The number of guanidine groups is 6. The maximum Gasteiger partial charge on any atom is 0.469 e. The Morgan fingerprint density at radius 2 is 0.588 bits per heavy atom. The molecule has 0 aromatic heterocycles. The van der Waals surface area contributed by atoms with Crippen molar-refractivity contribution in [2.24, 2.45) is 110 Å². The Bertz CT molecular complexity index is 2780. The maximum absolute atomic E-state index is 14.7. The summed E-state index contributed by atoms with van der Waals surface area (Å²) in [5, 5.41) is 50.7. The van der Waals surface area contributed by atoms with Gasteiger partial charge in [-0.3, -0.25) is 77.6 Å². The fourth-order valence-electron chi connectivity index (χ4n) is 8.41. The van der Waals surface area contributed by atoms with E-state index < -0.39 is 147 Å². The first-order valence-corrected chi connectivity index (χ1v) is 31.9. The molecule has 45 nitrogen and oxygen atoms in total. The lowest BCUT2D eigenvalue weighted by Crippen LogP contribution is -2.61. The summed E-state index contributed by atoms with van der Waals surface area (Å²) < 4.78 is 16.6. The molecule has 10 atom stereocenters. The predicted molar refractivity (Wildman–Crippen MR) is 354 cm³/mol. The first kappa shape index (κ1) is 87.3. The van der Waals surface area contributed by atoms with Crippen molar-refractivity contribution in [1.82, 2.24) is 47.9 Å². The van der Waals surface area contributed by atoms with Gasteiger partial charge in [0.25, 0.3) is 0 Å². The van der Waals surface area contributed by atoms with Crippen LogP contribution in [-0.2, 0) is 57.0 Å². The molecule has 46 heteroatoms. The molecule has 9 amide bonds. The second-order valence-corrected chi connectivity index (χ2v) is 23.2. The highest BCUT2D eigenvalue weighted by Gasteiger charge is 2.37. The van der Waals surface area contributed by atoms with Gasteiger partial charge in [0.05, 0.1) is 25.9 Å². The van der Waals surface area contributed by atoms with Gasteiger partial charge in [-0.15, -0.1) is 0 Å². The Kier molecular flexibility index (Phi) is 42.5. The van der Waals surface area contributed by atoms with E-state index in [0.717, 1.165) is 0 Å². The van der Waals surface area contributed by atoms with Gasteiger partial charge in [0.1, 0.15) is 54.4 Å². The summed E-state index contributed by atoms with van der Waals surface area (Å²) in [5.74, 6) is -13.7. The van der Waals surface area contributed by atoms with E-state index >= 15 is 0 Å². The molecule has 0 spiro atoms. The number of nitrogens with two attached hydrogens (primary N) is 13. The number of aliphatic hydroxyl groups is 2. The number of nitrogens with zero attached hydrogens (tertiary/aromatic N) is 6. The number of phosphoric acid groups is 1. The fourth-order valence-corrected chi connectivity index (χ4v) is 8.75. The summed E-state index contributed by atoms with van der Waals surface area (Å²) in [6, 6.07) is -16.5. The largest absolute Gasteiger partial charge is 0.480 e. The smallest absolute Gasteiger partial charge is 0.469 e. The molecule has 0 aromatic rings. The van der Waals surface area contributed by atoms with Crippen LogP contribution in [0.3, 0.4) is 0 Å². The van der Waals surface area contributed by atoms with Gasteiger partial charge >= 0.3 is 13.8 Å². The van der Waals surface area contributed by atoms with E-state index in [9.17, 15) is 77.6 Å². The topological polar surface area (TPSA) is 819 Å². The minimum atomic E-state index is -5.45.